The smallest absolute Gasteiger partial charge is 0.244 e. The van der Waals surface area contributed by atoms with Crippen molar-refractivity contribution in [3.63, 3.8) is 0 Å². The van der Waals surface area contributed by atoms with E-state index in [4.69, 9.17) is 34.8 Å². The summed E-state index contributed by atoms with van der Waals surface area (Å²) in [5.74, 6) is 0.112. The molecule has 0 saturated carbocycles. The average Bonchev–Trinajstić information content (AvgIpc) is 2.56. The summed E-state index contributed by atoms with van der Waals surface area (Å²) in [6.07, 6.45) is 1.88. The molecule has 0 aromatic carbocycles. The van der Waals surface area contributed by atoms with Gasteiger partial charge in [-0.2, -0.15) is 9.97 Å². The Labute approximate surface area is 174 Å². The van der Waals surface area contributed by atoms with Crippen molar-refractivity contribution in [1.29, 1.82) is 0 Å². The zero-order chi connectivity index (χ0) is 20.3. The summed E-state index contributed by atoms with van der Waals surface area (Å²) >= 11 is 16.7. The molecule has 0 bridgehead atoms. The molecule has 9 nitrogen and oxygen atoms in total. The molecule has 14 heteroatoms. The molecule has 0 aliphatic heterocycles. The first-order chi connectivity index (χ1) is 12.7. The van der Waals surface area contributed by atoms with Crippen LogP contribution in [0.1, 0.15) is 12.8 Å². The van der Waals surface area contributed by atoms with Gasteiger partial charge in [0, 0.05) is 24.8 Å². The SMILES string of the molecule is O=S(=O)(CCCl)CCCNN(CCCS(=O)(=O)CCCl)c1ncnc(Cl)n1. The standard InChI is InChI=1S/C13H22Cl3N5O4S2/c14-3-9-26(22,23)7-1-5-19-21(13-18-11-17-12(16)20-13)6-2-8-27(24,25)10-4-15/h11,19H,1-10H2. The summed E-state index contributed by atoms with van der Waals surface area (Å²) < 4.78 is 46.9. The minimum atomic E-state index is -3.23. The Morgan fingerprint density at radius 3 is 2.07 bits per heavy atom. The fraction of sp³-hybridized carbons (Fsp3) is 0.769. The molecule has 1 N–H and O–H groups in total. The predicted octanol–water partition coefficient (Wildman–Crippen LogP) is 0.923. The van der Waals surface area contributed by atoms with Gasteiger partial charge < -0.3 is 0 Å². The van der Waals surface area contributed by atoms with Crippen LogP contribution in [0.25, 0.3) is 0 Å². The average molecular weight is 483 g/mol. The van der Waals surface area contributed by atoms with Crippen molar-refractivity contribution >= 4 is 60.4 Å². The van der Waals surface area contributed by atoms with Crippen molar-refractivity contribution in [3.8, 4) is 0 Å². The largest absolute Gasteiger partial charge is 0.276 e. The van der Waals surface area contributed by atoms with Gasteiger partial charge >= 0.3 is 0 Å². The maximum Gasteiger partial charge on any atom is 0.244 e. The van der Waals surface area contributed by atoms with Gasteiger partial charge in [0.05, 0.1) is 23.0 Å². The van der Waals surface area contributed by atoms with Crippen molar-refractivity contribution < 1.29 is 16.8 Å². The lowest BCUT2D eigenvalue weighted by Crippen LogP contribution is -2.41. The molecule has 0 radical (unpaired) electrons. The van der Waals surface area contributed by atoms with Crippen molar-refractivity contribution in [2.75, 3.05) is 52.9 Å². The summed E-state index contributed by atoms with van der Waals surface area (Å²) in [6, 6.07) is 0. The predicted molar refractivity (Wildman–Crippen MR) is 108 cm³/mol. The second-order valence-electron chi connectivity index (χ2n) is 5.50. The van der Waals surface area contributed by atoms with Crippen molar-refractivity contribution in [3.05, 3.63) is 11.6 Å². The molecule has 0 fully saturated rings. The van der Waals surface area contributed by atoms with E-state index in [1.807, 2.05) is 0 Å². The number of sulfone groups is 2. The highest BCUT2D eigenvalue weighted by atomic mass is 35.5. The number of nitrogens with zero attached hydrogens (tertiary/aromatic N) is 4. The molecule has 0 spiro atoms. The van der Waals surface area contributed by atoms with Crippen molar-refractivity contribution in [2.24, 2.45) is 0 Å². The first-order valence-corrected chi connectivity index (χ1v) is 13.2. The number of hydrazine groups is 1. The summed E-state index contributed by atoms with van der Waals surface area (Å²) in [5.41, 5.74) is 3.00. The number of alkyl halides is 2. The van der Waals surface area contributed by atoms with Gasteiger partial charge in [-0.15, -0.1) is 23.2 Å². The van der Waals surface area contributed by atoms with E-state index in [0.29, 0.717) is 19.4 Å². The van der Waals surface area contributed by atoms with Gasteiger partial charge in [0.15, 0.2) is 19.7 Å². The summed E-state index contributed by atoms with van der Waals surface area (Å²) in [4.78, 5) is 11.7. The van der Waals surface area contributed by atoms with E-state index in [1.165, 1.54) is 11.3 Å². The molecule has 0 atom stereocenters. The molecule has 1 rings (SSSR count). The Morgan fingerprint density at radius 2 is 1.52 bits per heavy atom. The quantitative estimate of drug-likeness (QED) is 0.234. The summed E-state index contributed by atoms with van der Waals surface area (Å²) in [6.45, 7) is 0.593. The van der Waals surface area contributed by atoms with Gasteiger partial charge in [0.25, 0.3) is 0 Å². The van der Waals surface area contributed by atoms with E-state index in [1.54, 1.807) is 0 Å². The van der Waals surface area contributed by atoms with Crippen LogP contribution in [0.2, 0.25) is 5.28 Å². The number of halogens is 3. The van der Waals surface area contributed by atoms with E-state index in [9.17, 15) is 16.8 Å². The number of nitrogens with one attached hydrogen (secondary N) is 1. The van der Waals surface area contributed by atoms with Gasteiger partial charge in [0.2, 0.25) is 11.2 Å². The molecule has 27 heavy (non-hydrogen) atoms. The van der Waals surface area contributed by atoms with Gasteiger partial charge in [0.1, 0.15) is 6.33 Å². The summed E-state index contributed by atoms with van der Waals surface area (Å²) in [7, 11) is -6.41. The third kappa shape index (κ3) is 10.6. The minimum absolute atomic E-state index is 0.00810. The van der Waals surface area contributed by atoms with Crippen molar-refractivity contribution in [2.45, 2.75) is 12.8 Å². The molecule has 0 aliphatic rings. The molecular weight excluding hydrogens is 461 g/mol. The first kappa shape index (κ1) is 24.6. The number of hydrogen-bond donors (Lipinski definition) is 1. The van der Waals surface area contributed by atoms with Gasteiger partial charge in [-0.05, 0) is 24.4 Å². The molecule has 156 valence electrons. The third-order valence-electron chi connectivity index (χ3n) is 3.32. The van der Waals surface area contributed by atoms with Crippen LogP contribution in [0.4, 0.5) is 5.95 Å². The van der Waals surface area contributed by atoms with Crippen LogP contribution in [0, 0.1) is 0 Å². The fourth-order valence-electron chi connectivity index (χ4n) is 2.04. The number of rotatable bonds is 14. The zero-order valence-electron chi connectivity index (χ0n) is 14.5. The van der Waals surface area contributed by atoms with Crippen LogP contribution < -0.4 is 10.4 Å². The monoisotopic (exact) mass is 481 g/mol. The van der Waals surface area contributed by atoms with E-state index in [0.717, 1.165) is 0 Å². The maximum atomic E-state index is 11.8. The van der Waals surface area contributed by atoms with Gasteiger partial charge in [-0.3, -0.25) is 5.01 Å². The Kier molecular flexibility index (Phi) is 11.1. The lowest BCUT2D eigenvalue weighted by molar-refractivity contribution is 0.568. The van der Waals surface area contributed by atoms with E-state index in [2.05, 4.69) is 20.4 Å². The summed E-state index contributed by atoms with van der Waals surface area (Å²) in [5, 5.41) is 1.52. The normalized spacial score (nSPS) is 12.3. The fourth-order valence-corrected chi connectivity index (χ4v) is 5.60. The lowest BCUT2D eigenvalue weighted by atomic mass is 10.4. The molecule has 0 unspecified atom stereocenters. The van der Waals surface area contributed by atoms with Gasteiger partial charge in [-0.25, -0.2) is 27.2 Å². The topological polar surface area (TPSA) is 122 Å². The highest BCUT2D eigenvalue weighted by Crippen LogP contribution is 2.08. The molecule has 0 aliphatic carbocycles. The molecule has 0 amide bonds. The third-order valence-corrected chi connectivity index (χ3v) is 7.80. The Hall–Kier alpha value is -0.460. The molecule has 1 aromatic rings. The van der Waals surface area contributed by atoms with Crippen LogP contribution in [-0.2, 0) is 19.7 Å². The molecule has 0 saturated heterocycles. The number of anilines is 1. The second-order valence-corrected chi connectivity index (χ2v) is 11.2. The maximum absolute atomic E-state index is 11.8. The Balaban J connectivity index is 2.64. The van der Waals surface area contributed by atoms with Crippen LogP contribution in [0.5, 0.6) is 0 Å². The van der Waals surface area contributed by atoms with Crippen LogP contribution in [0.15, 0.2) is 6.33 Å². The minimum Gasteiger partial charge on any atom is -0.276 e. The van der Waals surface area contributed by atoms with Crippen LogP contribution in [-0.4, -0.2) is 79.6 Å². The van der Waals surface area contributed by atoms with E-state index >= 15 is 0 Å². The number of aromatic nitrogens is 3. The van der Waals surface area contributed by atoms with Crippen LogP contribution >= 0.6 is 34.8 Å². The highest BCUT2D eigenvalue weighted by Gasteiger charge is 2.15. The van der Waals surface area contributed by atoms with Crippen molar-refractivity contribution in [1.82, 2.24) is 20.4 Å². The first-order valence-electron chi connectivity index (χ1n) is 8.07. The second kappa shape index (κ2) is 12.2. The zero-order valence-corrected chi connectivity index (χ0v) is 18.4. The van der Waals surface area contributed by atoms with E-state index in [-0.39, 0.29) is 52.5 Å². The van der Waals surface area contributed by atoms with Crippen LogP contribution in [0.3, 0.4) is 0 Å². The molecular formula is C13H22Cl3N5O4S2. The lowest BCUT2D eigenvalue weighted by Gasteiger charge is -2.23. The Bertz CT molecular complexity index is 780. The Morgan fingerprint density at radius 1 is 0.926 bits per heavy atom. The van der Waals surface area contributed by atoms with E-state index < -0.39 is 19.7 Å². The molecule has 1 aromatic heterocycles. The number of hydrogen-bond acceptors (Lipinski definition) is 9. The molecule has 1 heterocycles. The van der Waals surface area contributed by atoms with Gasteiger partial charge in [-0.1, -0.05) is 0 Å². The highest BCUT2D eigenvalue weighted by molar-refractivity contribution is 7.91.